The molecule has 25 heavy (non-hydrogen) atoms. The molecule has 1 aromatic heterocycles. The third kappa shape index (κ3) is 3.46. The lowest BCUT2D eigenvalue weighted by atomic mass is 10.0. The molecule has 0 aliphatic carbocycles. The minimum Gasteiger partial charge on any atom is -0.495 e. The Morgan fingerprint density at radius 3 is 2.56 bits per heavy atom. The number of aromatic nitrogens is 1. The van der Waals surface area contributed by atoms with Crippen molar-refractivity contribution < 1.29 is 23.4 Å². The van der Waals surface area contributed by atoms with Crippen molar-refractivity contribution in [3.63, 3.8) is 0 Å². The Bertz CT molecular complexity index is 907. The first-order valence-electron chi connectivity index (χ1n) is 7.39. The van der Waals surface area contributed by atoms with E-state index in [4.69, 9.17) is 9.26 Å². The van der Waals surface area contributed by atoms with Gasteiger partial charge in [0.2, 0.25) is 0 Å². The van der Waals surface area contributed by atoms with Crippen LogP contribution in [-0.4, -0.2) is 27.6 Å². The molecule has 0 amide bonds. The van der Waals surface area contributed by atoms with Gasteiger partial charge in [-0.2, -0.15) is 0 Å². The van der Waals surface area contributed by atoms with Crippen molar-refractivity contribution in [3.8, 4) is 17.0 Å². The average Bonchev–Trinajstić information content (AvgIpc) is 3.16. The Balaban J connectivity index is 2.05. The summed E-state index contributed by atoms with van der Waals surface area (Å²) in [4.78, 5) is 12.5. The lowest BCUT2D eigenvalue weighted by Crippen LogP contribution is -2.09. The molecule has 0 radical (unpaired) electrons. The summed E-state index contributed by atoms with van der Waals surface area (Å²) in [5.41, 5.74) is 1.38. The second-order valence-electron chi connectivity index (χ2n) is 5.17. The van der Waals surface area contributed by atoms with Gasteiger partial charge in [-0.1, -0.05) is 29.4 Å². The van der Waals surface area contributed by atoms with E-state index in [1.807, 2.05) is 6.07 Å². The average molecular weight is 357 g/mol. The molecule has 3 rings (SSSR count). The molecule has 0 fully saturated rings. The Morgan fingerprint density at radius 2 is 1.96 bits per heavy atom. The van der Waals surface area contributed by atoms with E-state index in [0.717, 1.165) is 0 Å². The summed E-state index contributed by atoms with van der Waals surface area (Å²) in [5, 5.41) is 13.5. The Hall–Kier alpha value is -2.93. The predicted octanol–water partition coefficient (Wildman–Crippen LogP) is 3.36. The fourth-order valence-electron chi connectivity index (χ4n) is 2.54. The van der Waals surface area contributed by atoms with Crippen LogP contribution in [0.25, 0.3) is 11.3 Å². The highest BCUT2D eigenvalue weighted by Gasteiger charge is 2.23. The zero-order valence-electron chi connectivity index (χ0n) is 13.3. The van der Waals surface area contributed by atoms with E-state index < -0.39 is 16.8 Å². The number of carboxylic acid groups (broad SMARTS) is 1. The number of methoxy groups -OCH3 is 1. The molecule has 128 valence electrons. The second kappa shape index (κ2) is 7.31. The van der Waals surface area contributed by atoms with Crippen LogP contribution in [0.2, 0.25) is 0 Å². The second-order valence-corrected chi connectivity index (χ2v) is 6.62. The Kier molecular flexibility index (Phi) is 4.95. The van der Waals surface area contributed by atoms with Gasteiger partial charge in [-0.15, -0.1) is 0 Å². The van der Waals surface area contributed by atoms with Gasteiger partial charge in [0.1, 0.15) is 23.3 Å². The van der Waals surface area contributed by atoms with Gasteiger partial charge in [-0.05, 0) is 23.8 Å². The van der Waals surface area contributed by atoms with E-state index in [-0.39, 0.29) is 17.1 Å². The van der Waals surface area contributed by atoms with E-state index >= 15 is 0 Å². The SMILES string of the molecule is COc1c(-c2ccon2)ccc(CS(=O)c2ccccc2)c1C(=O)O. The minimum absolute atomic E-state index is 0.0210. The topological polar surface area (TPSA) is 89.6 Å². The first kappa shape index (κ1) is 16.9. The molecule has 2 aromatic carbocycles. The molecule has 0 saturated heterocycles. The molecule has 1 atom stereocenters. The van der Waals surface area contributed by atoms with Crippen molar-refractivity contribution in [2.45, 2.75) is 10.6 Å². The zero-order valence-corrected chi connectivity index (χ0v) is 14.2. The minimum atomic E-state index is -1.37. The van der Waals surface area contributed by atoms with Gasteiger partial charge in [-0.3, -0.25) is 4.21 Å². The Labute approximate surface area is 146 Å². The summed E-state index contributed by atoms with van der Waals surface area (Å²) in [6, 6.07) is 13.9. The molecular weight excluding hydrogens is 342 g/mol. The van der Waals surface area contributed by atoms with Crippen LogP contribution in [0.15, 0.2) is 64.2 Å². The number of hydrogen-bond donors (Lipinski definition) is 1. The van der Waals surface area contributed by atoms with Gasteiger partial charge in [0.25, 0.3) is 0 Å². The number of benzene rings is 2. The first-order chi connectivity index (χ1) is 12.1. The van der Waals surface area contributed by atoms with Crippen molar-refractivity contribution in [1.29, 1.82) is 0 Å². The van der Waals surface area contributed by atoms with Gasteiger partial charge in [0.05, 0.1) is 23.7 Å². The molecule has 6 nitrogen and oxygen atoms in total. The molecule has 0 aliphatic heterocycles. The number of nitrogens with zero attached hydrogens (tertiary/aromatic N) is 1. The molecular formula is C18H15NO5S. The molecule has 7 heteroatoms. The van der Waals surface area contributed by atoms with Crippen molar-refractivity contribution in [3.05, 3.63) is 65.9 Å². The van der Waals surface area contributed by atoms with Crippen molar-refractivity contribution in [2.24, 2.45) is 0 Å². The van der Waals surface area contributed by atoms with E-state index in [1.54, 1.807) is 42.5 Å². The van der Waals surface area contributed by atoms with Crippen LogP contribution >= 0.6 is 0 Å². The number of ether oxygens (including phenoxy) is 1. The molecule has 1 N–H and O–H groups in total. The summed E-state index contributed by atoms with van der Waals surface area (Å²) in [5.74, 6) is -0.910. The number of carbonyl (C=O) groups is 1. The quantitative estimate of drug-likeness (QED) is 0.727. The summed E-state index contributed by atoms with van der Waals surface area (Å²) in [6.07, 6.45) is 1.40. The van der Waals surface area contributed by atoms with E-state index in [9.17, 15) is 14.1 Å². The third-order valence-corrected chi connectivity index (χ3v) is 5.04. The smallest absolute Gasteiger partial charge is 0.339 e. The highest BCUT2D eigenvalue weighted by atomic mass is 32.2. The molecule has 0 spiro atoms. The number of carboxylic acids is 1. The maximum absolute atomic E-state index is 12.6. The van der Waals surface area contributed by atoms with Crippen molar-refractivity contribution >= 4 is 16.8 Å². The summed E-state index contributed by atoms with van der Waals surface area (Å²) in [6.45, 7) is 0. The normalized spacial score (nSPS) is 11.9. The third-order valence-electron chi connectivity index (χ3n) is 3.67. The van der Waals surface area contributed by atoms with Gasteiger partial charge in [0.15, 0.2) is 0 Å². The first-order valence-corrected chi connectivity index (χ1v) is 8.71. The largest absolute Gasteiger partial charge is 0.495 e. The highest BCUT2D eigenvalue weighted by molar-refractivity contribution is 7.84. The van der Waals surface area contributed by atoms with Gasteiger partial charge in [-0.25, -0.2) is 4.79 Å². The predicted molar refractivity (Wildman–Crippen MR) is 92.0 cm³/mol. The zero-order chi connectivity index (χ0) is 17.8. The highest BCUT2D eigenvalue weighted by Crippen LogP contribution is 2.35. The summed E-state index contributed by atoms with van der Waals surface area (Å²) >= 11 is 0. The van der Waals surface area contributed by atoms with Crippen molar-refractivity contribution in [1.82, 2.24) is 5.16 Å². The van der Waals surface area contributed by atoms with Crippen LogP contribution in [0.5, 0.6) is 5.75 Å². The number of hydrogen-bond acceptors (Lipinski definition) is 5. The molecule has 0 bridgehead atoms. The van der Waals surface area contributed by atoms with Crippen LogP contribution in [0, 0.1) is 0 Å². The van der Waals surface area contributed by atoms with Crippen molar-refractivity contribution in [2.75, 3.05) is 7.11 Å². The summed E-state index contributed by atoms with van der Waals surface area (Å²) in [7, 11) is 0.0243. The fraction of sp³-hybridized carbons (Fsp3) is 0.111. The molecule has 0 aliphatic rings. The lowest BCUT2D eigenvalue weighted by molar-refractivity contribution is 0.0692. The van der Waals surface area contributed by atoms with Crippen LogP contribution in [0.3, 0.4) is 0 Å². The van der Waals surface area contributed by atoms with E-state index in [0.29, 0.717) is 21.7 Å². The number of rotatable bonds is 6. The molecule has 3 aromatic rings. The maximum Gasteiger partial charge on any atom is 0.339 e. The summed E-state index contributed by atoms with van der Waals surface area (Å²) < 4.78 is 22.7. The standard InChI is InChI=1S/C18H15NO5S/c1-23-17-14(15-9-10-24-19-15)8-7-12(16(17)18(20)21)11-25(22)13-5-3-2-4-6-13/h2-10H,11H2,1H3,(H,20,21). The van der Waals surface area contributed by atoms with E-state index in [2.05, 4.69) is 5.16 Å². The lowest BCUT2D eigenvalue weighted by Gasteiger charge is -2.14. The van der Waals surface area contributed by atoms with Gasteiger partial charge < -0.3 is 14.4 Å². The van der Waals surface area contributed by atoms with Gasteiger partial charge >= 0.3 is 5.97 Å². The van der Waals surface area contributed by atoms with Crippen LogP contribution in [0.4, 0.5) is 0 Å². The molecule has 1 unspecified atom stereocenters. The number of aromatic carboxylic acids is 1. The van der Waals surface area contributed by atoms with Crippen LogP contribution in [0.1, 0.15) is 15.9 Å². The molecule has 0 saturated carbocycles. The molecule has 1 heterocycles. The fourth-order valence-corrected chi connectivity index (χ4v) is 3.69. The van der Waals surface area contributed by atoms with Crippen LogP contribution in [-0.2, 0) is 16.6 Å². The monoisotopic (exact) mass is 357 g/mol. The van der Waals surface area contributed by atoms with E-state index in [1.165, 1.54) is 13.4 Å². The Morgan fingerprint density at radius 1 is 1.20 bits per heavy atom. The van der Waals surface area contributed by atoms with Gasteiger partial charge in [0, 0.05) is 16.5 Å². The maximum atomic E-state index is 12.6. The van der Waals surface area contributed by atoms with Crippen LogP contribution < -0.4 is 4.74 Å².